The Bertz CT molecular complexity index is 491. The molecule has 1 unspecified atom stereocenters. The van der Waals surface area contributed by atoms with Crippen LogP contribution in [0.2, 0.25) is 0 Å². The molecule has 19 heavy (non-hydrogen) atoms. The number of hydrogen-bond acceptors (Lipinski definition) is 3. The molecule has 1 aromatic rings. The lowest BCUT2D eigenvalue weighted by atomic mass is 10.0. The van der Waals surface area contributed by atoms with Crippen LogP contribution in [0.25, 0.3) is 0 Å². The van der Waals surface area contributed by atoms with Gasteiger partial charge in [-0.25, -0.2) is 0 Å². The minimum Gasteiger partial charge on any atom is -0.493 e. The largest absolute Gasteiger partial charge is 0.493 e. The number of hydrogen-bond donors (Lipinski definition) is 1. The summed E-state index contributed by atoms with van der Waals surface area (Å²) in [7, 11) is 1.94. The van der Waals surface area contributed by atoms with Crippen LogP contribution in [0.5, 0.6) is 5.75 Å². The van der Waals surface area contributed by atoms with Crippen molar-refractivity contribution < 1.29 is 4.74 Å². The van der Waals surface area contributed by atoms with E-state index in [-0.39, 0.29) is 11.5 Å². The van der Waals surface area contributed by atoms with Crippen LogP contribution < -0.4 is 10.1 Å². The first-order valence-electron chi connectivity index (χ1n) is 6.57. The summed E-state index contributed by atoms with van der Waals surface area (Å²) in [4.78, 5) is 0. The predicted octanol–water partition coefficient (Wildman–Crippen LogP) is 3.80. The highest BCUT2D eigenvalue weighted by Crippen LogP contribution is 2.49. The van der Waals surface area contributed by atoms with Gasteiger partial charge in [0.15, 0.2) is 0 Å². The molecule has 2 rings (SSSR count). The molecule has 1 atom stereocenters. The number of benzene rings is 1. The molecular weight excluding hydrogens is 304 g/mol. The topological polar surface area (TPSA) is 45.0 Å². The van der Waals surface area contributed by atoms with Gasteiger partial charge in [0, 0.05) is 27.9 Å². The Morgan fingerprint density at radius 2 is 2.26 bits per heavy atom. The Kier molecular flexibility index (Phi) is 4.49. The van der Waals surface area contributed by atoms with E-state index in [0.29, 0.717) is 13.0 Å². The Morgan fingerprint density at radius 3 is 2.84 bits per heavy atom. The maximum absolute atomic E-state index is 8.84. The molecule has 0 aliphatic heterocycles. The highest BCUT2D eigenvalue weighted by atomic mass is 79.9. The van der Waals surface area contributed by atoms with Gasteiger partial charge in [-0.3, -0.25) is 0 Å². The van der Waals surface area contributed by atoms with Crippen LogP contribution in [-0.4, -0.2) is 13.7 Å². The highest BCUT2D eigenvalue weighted by Gasteiger charge is 2.43. The van der Waals surface area contributed by atoms with E-state index in [1.54, 1.807) is 0 Å². The standard InChI is InChI=1S/C15H19BrN2O/c1-11(18-2)13-4-3-12(16)9-14(13)19-10-15(5-6-15)7-8-17/h3-4,9,11,18H,5-7,10H2,1-2H3. The van der Waals surface area contributed by atoms with Gasteiger partial charge < -0.3 is 10.1 Å². The van der Waals surface area contributed by atoms with Crippen molar-refractivity contribution in [1.29, 1.82) is 5.26 Å². The third kappa shape index (κ3) is 3.49. The van der Waals surface area contributed by atoms with Crippen molar-refractivity contribution in [2.45, 2.75) is 32.2 Å². The zero-order chi connectivity index (χ0) is 13.9. The molecule has 4 heteroatoms. The third-order valence-corrected chi connectivity index (χ3v) is 4.31. The van der Waals surface area contributed by atoms with Crippen molar-refractivity contribution in [2.24, 2.45) is 5.41 Å². The summed E-state index contributed by atoms with van der Waals surface area (Å²) in [5, 5.41) is 12.1. The first-order valence-corrected chi connectivity index (χ1v) is 7.36. The van der Waals surface area contributed by atoms with Gasteiger partial charge in [0.05, 0.1) is 12.7 Å². The minimum atomic E-state index is 0.108. The van der Waals surface area contributed by atoms with Gasteiger partial charge in [0.25, 0.3) is 0 Å². The second kappa shape index (κ2) is 5.94. The Labute approximate surface area is 123 Å². The Morgan fingerprint density at radius 1 is 1.53 bits per heavy atom. The minimum absolute atomic E-state index is 0.108. The first kappa shape index (κ1) is 14.4. The number of ether oxygens (including phenoxy) is 1. The summed E-state index contributed by atoms with van der Waals surface area (Å²) in [6, 6.07) is 8.62. The number of nitriles is 1. The molecule has 1 aliphatic carbocycles. The molecule has 0 aromatic heterocycles. The van der Waals surface area contributed by atoms with E-state index in [1.165, 1.54) is 0 Å². The third-order valence-electron chi connectivity index (χ3n) is 3.82. The van der Waals surface area contributed by atoms with Crippen molar-refractivity contribution >= 4 is 15.9 Å². The van der Waals surface area contributed by atoms with Gasteiger partial charge in [-0.1, -0.05) is 22.0 Å². The lowest BCUT2D eigenvalue weighted by Gasteiger charge is -2.19. The van der Waals surface area contributed by atoms with Crippen LogP contribution in [0.3, 0.4) is 0 Å². The number of rotatable bonds is 6. The molecule has 1 aromatic carbocycles. The fourth-order valence-corrected chi connectivity index (χ4v) is 2.43. The predicted molar refractivity (Wildman–Crippen MR) is 79.0 cm³/mol. The van der Waals surface area contributed by atoms with E-state index in [1.807, 2.05) is 19.2 Å². The highest BCUT2D eigenvalue weighted by molar-refractivity contribution is 9.10. The molecule has 1 N–H and O–H groups in total. The summed E-state index contributed by atoms with van der Waals surface area (Å²) in [5.41, 5.74) is 1.26. The maximum Gasteiger partial charge on any atom is 0.125 e. The molecular formula is C15H19BrN2O. The average molecular weight is 323 g/mol. The van der Waals surface area contributed by atoms with E-state index < -0.39 is 0 Å². The van der Waals surface area contributed by atoms with Crippen molar-refractivity contribution in [3.05, 3.63) is 28.2 Å². The smallest absolute Gasteiger partial charge is 0.125 e. The molecule has 1 aliphatic rings. The van der Waals surface area contributed by atoms with Gasteiger partial charge >= 0.3 is 0 Å². The quantitative estimate of drug-likeness (QED) is 0.866. The summed E-state index contributed by atoms with van der Waals surface area (Å²) in [5.74, 6) is 0.903. The van der Waals surface area contributed by atoms with E-state index in [2.05, 4.69) is 40.3 Å². The maximum atomic E-state index is 8.84. The van der Waals surface area contributed by atoms with E-state index >= 15 is 0 Å². The molecule has 0 saturated heterocycles. The molecule has 0 amide bonds. The van der Waals surface area contributed by atoms with Gasteiger partial charge in [0.2, 0.25) is 0 Å². The number of nitrogens with zero attached hydrogens (tertiary/aromatic N) is 1. The molecule has 1 saturated carbocycles. The molecule has 0 heterocycles. The Hall–Kier alpha value is -1.05. The average Bonchev–Trinajstić information content (AvgIpc) is 3.16. The Balaban J connectivity index is 2.11. The molecule has 102 valence electrons. The molecule has 0 spiro atoms. The van der Waals surface area contributed by atoms with Crippen LogP contribution in [-0.2, 0) is 0 Å². The second-order valence-corrected chi connectivity index (χ2v) is 6.23. The summed E-state index contributed by atoms with van der Waals surface area (Å²) in [6.07, 6.45) is 2.80. The van der Waals surface area contributed by atoms with Crippen molar-refractivity contribution in [1.82, 2.24) is 5.32 Å². The molecule has 3 nitrogen and oxygen atoms in total. The SMILES string of the molecule is CNC(C)c1ccc(Br)cc1OCC1(CC#N)CC1. The number of nitrogens with one attached hydrogen (secondary N) is 1. The zero-order valence-electron chi connectivity index (χ0n) is 11.4. The van der Waals surface area contributed by atoms with Gasteiger partial charge in [-0.2, -0.15) is 5.26 Å². The lowest BCUT2D eigenvalue weighted by molar-refractivity contribution is 0.233. The summed E-state index contributed by atoms with van der Waals surface area (Å²) in [6.45, 7) is 2.75. The zero-order valence-corrected chi connectivity index (χ0v) is 13.0. The van der Waals surface area contributed by atoms with Crippen LogP contribution in [0, 0.1) is 16.7 Å². The van der Waals surface area contributed by atoms with Crippen LogP contribution in [0.4, 0.5) is 0 Å². The monoisotopic (exact) mass is 322 g/mol. The van der Waals surface area contributed by atoms with Gasteiger partial charge in [-0.15, -0.1) is 0 Å². The lowest BCUT2D eigenvalue weighted by Crippen LogP contribution is -2.17. The van der Waals surface area contributed by atoms with Crippen molar-refractivity contribution in [3.8, 4) is 11.8 Å². The summed E-state index contributed by atoms with van der Waals surface area (Å²) < 4.78 is 7.01. The van der Waals surface area contributed by atoms with Crippen molar-refractivity contribution in [2.75, 3.05) is 13.7 Å². The van der Waals surface area contributed by atoms with Gasteiger partial charge in [-0.05, 0) is 38.9 Å². The summed E-state index contributed by atoms with van der Waals surface area (Å²) >= 11 is 3.48. The fourth-order valence-electron chi connectivity index (χ4n) is 2.09. The van der Waals surface area contributed by atoms with Crippen LogP contribution in [0.1, 0.15) is 37.8 Å². The fraction of sp³-hybridized carbons (Fsp3) is 0.533. The van der Waals surface area contributed by atoms with E-state index in [4.69, 9.17) is 10.00 Å². The molecule has 0 bridgehead atoms. The normalized spacial score (nSPS) is 17.6. The second-order valence-electron chi connectivity index (χ2n) is 5.32. The number of halogens is 1. The first-order chi connectivity index (χ1) is 9.10. The van der Waals surface area contributed by atoms with Crippen molar-refractivity contribution in [3.63, 3.8) is 0 Å². The molecule has 0 radical (unpaired) electrons. The molecule has 1 fully saturated rings. The van der Waals surface area contributed by atoms with E-state index in [9.17, 15) is 0 Å². The van der Waals surface area contributed by atoms with E-state index in [0.717, 1.165) is 28.6 Å². The van der Waals surface area contributed by atoms with Crippen LogP contribution in [0.15, 0.2) is 22.7 Å². The van der Waals surface area contributed by atoms with Crippen LogP contribution >= 0.6 is 15.9 Å². The van der Waals surface area contributed by atoms with Gasteiger partial charge in [0.1, 0.15) is 5.75 Å².